The number of ether oxygens (including phenoxy) is 2. The molecule has 2 aromatic heterocycles. The molecule has 5 heteroatoms. The summed E-state index contributed by atoms with van der Waals surface area (Å²) in [5.74, 6) is 0. The summed E-state index contributed by atoms with van der Waals surface area (Å²) in [7, 11) is 0. The predicted molar refractivity (Wildman–Crippen MR) is 72.5 cm³/mol. The Labute approximate surface area is 113 Å². The first kappa shape index (κ1) is 13.7. The van der Waals surface area contributed by atoms with Crippen LogP contribution in [0.3, 0.4) is 0 Å². The highest BCUT2D eigenvalue weighted by Crippen LogP contribution is 2.15. The summed E-state index contributed by atoms with van der Waals surface area (Å²) in [6.45, 7) is 5.82. The normalized spacial score (nSPS) is 11.1. The summed E-state index contributed by atoms with van der Waals surface area (Å²) in [4.78, 5) is 8.46. The molecule has 0 saturated heterocycles. The number of hydrogen-bond acceptors (Lipinski definition) is 4. The van der Waals surface area contributed by atoms with Crippen LogP contribution in [-0.4, -0.2) is 34.0 Å². The van der Waals surface area contributed by atoms with Crippen molar-refractivity contribution in [2.75, 3.05) is 13.2 Å². The van der Waals surface area contributed by atoms with Gasteiger partial charge in [0.1, 0.15) is 0 Å². The molecule has 2 heterocycles. The average molecular weight is 261 g/mol. The molecule has 0 unspecified atom stereocenters. The molecule has 2 aromatic rings. The highest BCUT2D eigenvalue weighted by molar-refractivity contribution is 5.56. The zero-order valence-corrected chi connectivity index (χ0v) is 11.3. The molecule has 2 rings (SSSR count). The van der Waals surface area contributed by atoms with Gasteiger partial charge in [-0.15, -0.1) is 0 Å². The van der Waals surface area contributed by atoms with Gasteiger partial charge < -0.3 is 14.0 Å². The number of nitrogens with zero attached hydrogens (tertiary/aromatic N) is 3. The number of aromatic nitrogens is 3. The van der Waals surface area contributed by atoms with Crippen LogP contribution in [0.15, 0.2) is 37.1 Å². The topological polar surface area (TPSA) is 49.2 Å². The third kappa shape index (κ3) is 3.87. The molecule has 0 saturated carbocycles. The number of rotatable bonds is 7. The van der Waals surface area contributed by atoms with Crippen molar-refractivity contribution in [3.63, 3.8) is 0 Å². The molecule has 102 valence electrons. The summed E-state index contributed by atoms with van der Waals surface area (Å²) in [6.07, 6.45) is 7.08. The van der Waals surface area contributed by atoms with Crippen molar-refractivity contribution in [1.29, 1.82) is 0 Å². The third-order valence-electron chi connectivity index (χ3n) is 2.66. The minimum absolute atomic E-state index is 0.231. The van der Waals surface area contributed by atoms with Gasteiger partial charge in [-0.2, -0.15) is 0 Å². The molecule has 5 nitrogen and oxygen atoms in total. The molecule has 0 aliphatic rings. The van der Waals surface area contributed by atoms with E-state index in [0.29, 0.717) is 19.8 Å². The van der Waals surface area contributed by atoms with Crippen LogP contribution in [0.4, 0.5) is 0 Å². The second-order valence-electron chi connectivity index (χ2n) is 4.04. The fraction of sp³-hybridized carbons (Fsp3) is 0.429. The number of imidazole rings is 1. The molecule has 19 heavy (non-hydrogen) atoms. The van der Waals surface area contributed by atoms with Crippen LogP contribution in [0.25, 0.3) is 11.3 Å². The predicted octanol–water partition coefficient (Wildman–Crippen LogP) is 2.34. The molecule has 0 radical (unpaired) electrons. The van der Waals surface area contributed by atoms with Gasteiger partial charge in [-0.05, 0) is 26.0 Å². The van der Waals surface area contributed by atoms with Crippen LogP contribution >= 0.6 is 0 Å². The fourth-order valence-corrected chi connectivity index (χ4v) is 1.82. The Morgan fingerprint density at radius 2 is 2.05 bits per heavy atom. The van der Waals surface area contributed by atoms with Crippen molar-refractivity contribution in [1.82, 2.24) is 14.5 Å². The van der Waals surface area contributed by atoms with Gasteiger partial charge in [0.15, 0.2) is 6.29 Å². The Morgan fingerprint density at radius 1 is 1.26 bits per heavy atom. The summed E-state index contributed by atoms with van der Waals surface area (Å²) in [6, 6.07) is 3.89. The SMILES string of the molecule is CCOC(Cn1cnc(-c2cccnc2)c1)OCC. The Kier molecular flexibility index (Phi) is 5.06. The highest BCUT2D eigenvalue weighted by atomic mass is 16.7. The number of hydrogen-bond donors (Lipinski definition) is 0. The maximum Gasteiger partial charge on any atom is 0.175 e. The Hall–Kier alpha value is -1.72. The zero-order valence-electron chi connectivity index (χ0n) is 11.3. The summed E-state index contributed by atoms with van der Waals surface area (Å²) in [5.41, 5.74) is 1.91. The summed E-state index contributed by atoms with van der Waals surface area (Å²) < 4.78 is 13.0. The summed E-state index contributed by atoms with van der Waals surface area (Å²) >= 11 is 0. The minimum atomic E-state index is -0.231. The monoisotopic (exact) mass is 261 g/mol. The van der Waals surface area contributed by atoms with E-state index in [2.05, 4.69) is 9.97 Å². The Morgan fingerprint density at radius 3 is 2.68 bits per heavy atom. The van der Waals surface area contributed by atoms with E-state index < -0.39 is 0 Å². The lowest BCUT2D eigenvalue weighted by atomic mass is 10.2. The van der Waals surface area contributed by atoms with E-state index in [9.17, 15) is 0 Å². The van der Waals surface area contributed by atoms with E-state index in [4.69, 9.17) is 9.47 Å². The van der Waals surface area contributed by atoms with E-state index in [0.717, 1.165) is 11.3 Å². The second-order valence-corrected chi connectivity index (χ2v) is 4.04. The van der Waals surface area contributed by atoms with Crippen LogP contribution in [0.5, 0.6) is 0 Å². The van der Waals surface area contributed by atoms with Crippen LogP contribution in [-0.2, 0) is 16.0 Å². The minimum Gasteiger partial charge on any atom is -0.351 e. The lowest BCUT2D eigenvalue weighted by Crippen LogP contribution is -2.23. The second kappa shape index (κ2) is 7.01. The zero-order chi connectivity index (χ0) is 13.5. The standard InChI is InChI=1S/C14H19N3O2/c1-3-18-14(19-4-2)10-17-9-13(16-11-17)12-6-5-7-15-8-12/h5-9,11,14H,3-4,10H2,1-2H3. The van der Waals surface area contributed by atoms with Gasteiger partial charge in [0.25, 0.3) is 0 Å². The molecule has 0 aliphatic heterocycles. The van der Waals surface area contributed by atoms with Crippen LogP contribution in [0.2, 0.25) is 0 Å². The van der Waals surface area contributed by atoms with Gasteiger partial charge >= 0.3 is 0 Å². The van der Waals surface area contributed by atoms with E-state index in [1.54, 1.807) is 18.7 Å². The van der Waals surface area contributed by atoms with Gasteiger partial charge in [0.2, 0.25) is 0 Å². The van der Waals surface area contributed by atoms with Crippen molar-refractivity contribution < 1.29 is 9.47 Å². The quantitative estimate of drug-likeness (QED) is 0.718. The summed E-state index contributed by atoms with van der Waals surface area (Å²) in [5, 5.41) is 0. The third-order valence-corrected chi connectivity index (χ3v) is 2.66. The van der Waals surface area contributed by atoms with E-state index >= 15 is 0 Å². The maximum absolute atomic E-state index is 5.52. The molecular formula is C14H19N3O2. The lowest BCUT2D eigenvalue weighted by Gasteiger charge is -2.16. The van der Waals surface area contributed by atoms with Crippen molar-refractivity contribution in [2.45, 2.75) is 26.7 Å². The van der Waals surface area contributed by atoms with Gasteiger partial charge in [-0.3, -0.25) is 4.98 Å². The van der Waals surface area contributed by atoms with Gasteiger partial charge in [0, 0.05) is 37.4 Å². The van der Waals surface area contributed by atoms with Crippen LogP contribution in [0.1, 0.15) is 13.8 Å². The molecule has 0 spiro atoms. The van der Waals surface area contributed by atoms with Gasteiger partial charge in [0.05, 0.1) is 18.6 Å². The Bertz CT molecular complexity index is 478. The molecule has 0 fully saturated rings. The molecule has 0 N–H and O–H groups in total. The average Bonchev–Trinajstić information content (AvgIpc) is 2.89. The van der Waals surface area contributed by atoms with E-state index in [1.165, 1.54) is 0 Å². The van der Waals surface area contributed by atoms with E-state index in [-0.39, 0.29) is 6.29 Å². The molecular weight excluding hydrogens is 242 g/mol. The highest BCUT2D eigenvalue weighted by Gasteiger charge is 2.10. The lowest BCUT2D eigenvalue weighted by molar-refractivity contribution is -0.143. The Balaban J connectivity index is 2.04. The van der Waals surface area contributed by atoms with Crippen LogP contribution in [0, 0.1) is 0 Å². The first-order valence-corrected chi connectivity index (χ1v) is 6.48. The first-order valence-electron chi connectivity index (χ1n) is 6.48. The van der Waals surface area contributed by atoms with E-state index in [1.807, 2.05) is 36.7 Å². The van der Waals surface area contributed by atoms with Crippen molar-refractivity contribution in [3.05, 3.63) is 37.1 Å². The maximum atomic E-state index is 5.52. The smallest absolute Gasteiger partial charge is 0.175 e. The van der Waals surface area contributed by atoms with Gasteiger partial charge in [-0.1, -0.05) is 0 Å². The first-order chi connectivity index (χ1) is 9.33. The number of pyridine rings is 1. The van der Waals surface area contributed by atoms with Crippen molar-refractivity contribution in [3.8, 4) is 11.3 Å². The molecule has 0 amide bonds. The van der Waals surface area contributed by atoms with Crippen LogP contribution < -0.4 is 0 Å². The molecule has 0 aliphatic carbocycles. The fourth-order valence-electron chi connectivity index (χ4n) is 1.82. The van der Waals surface area contributed by atoms with Gasteiger partial charge in [-0.25, -0.2) is 4.98 Å². The molecule has 0 atom stereocenters. The molecule has 0 bridgehead atoms. The van der Waals surface area contributed by atoms with Crippen molar-refractivity contribution >= 4 is 0 Å². The molecule has 0 aromatic carbocycles. The van der Waals surface area contributed by atoms with Crippen molar-refractivity contribution in [2.24, 2.45) is 0 Å². The largest absolute Gasteiger partial charge is 0.351 e.